The van der Waals surface area contributed by atoms with Gasteiger partial charge in [-0.3, -0.25) is 10.1 Å². The third-order valence-electron chi connectivity index (χ3n) is 4.37. The van der Waals surface area contributed by atoms with Crippen molar-refractivity contribution in [2.24, 2.45) is 0 Å². The minimum Gasteiger partial charge on any atom is -0.338 e. The minimum atomic E-state index is -0.509. The number of halogens is 1. The average molecular weight is 391 g/mol. The smallest absolute Gasteiger partial charge is 0.318 e. The average Bonchev–Trinajstić information content (AvgIpc) is 3.32. The summed E-state index contributed by atoms with van der Waals surface area (Å²) in [6, 6.07) is 5.21. The highest BCUT2D eigenvalue weighted by molar-refractivity contribution is 7.18. The Balaban J connectivity index is 1.61. The van der Waals surface area contributed by atoms with Gasteiger partial charge in [-0.1, -0.05) is 24.7 Å². The molecule has 1 saturated heterocycles. The number of carbonyl (C=O) groups is 2. The molecule has 1 aromatic heterocycles. The maximum Gasteiger partial charge on any atom is 0.318 e. The lowest BCUT2D eigenvalue weighted by molar-refractivity contribution is -0.119. The normalized spacial score (nSPS) is 16.4. The molecule has 144 valence electrons. The summed E-state index contributed by atoms with van der Waals surface area (Å²) >= 11 is 1.21. The van der Waals surface area contributed by atoms with Crippen LogP contribution in [-0.4, -0.2) is 46.2 Å². The molecule has 0 spiro atoms. The number of hydrogen-bond acceptors (Lipinski definition) is 5. The molecular weight excluding hydrogens is 369 g/mol. The Kier molecular flexibility index (Phi) is 6.33. The maximum absolute atomic E-state index is 13.0. The number of nitrogens with zero attached hydrogens (tertiary/aromatic N) is 3. The van der Waals surface area contributed by atoms with Crippen molar-refractivity contribution in [2.75, 3.05) is 18.4 Å². The van der Waals surface area contributed by atoms with E-state index in [4.69, 9.17) is 0 Å². The van der Waals surface area contributed by atoms with E-state index in [-0.39, 0.29) is 17.8 Å². The van der Waals surface area contributed by atoms with Gasteiger partial charge in [0.25, 0.3) is 0 Å². The standard InChI is InChI=1S/C18H22FN5O2S/c1-2-3-10-20-18(26)24-11-4-5-14(24)15(25)21-17-23-22-16(27-17)12-6-8-13(19)9-7-12/h6-9,14H,2-5,10-11H2,1H3,(H,20,26)(H,21,23,25)/t14-/m0/s1. The number of nitrogens with one attached hydrogen (secondary N) is 2. The van der Waals surface area contributed by atoms with Gasteiger partial charge in [-0.05, 0) is 43.5 Å². The van der Waals surface area contributed by atoms with Crippen molar-refractivity contribution in [1.82, 2.24) is 20.4 Å². The van der Waals surface area contributed by atoms with Crippen molar-refractivity contribution in [3.05, 3.63) is 30.1 Å². The molecule has 1 aliphatic heterocycles. The van der Waals surface area contributed by atoms with Gasteiger partial charge in [0.2, 0.25) is 11.0 Å². The van der Waals surface area contributed by atoms with Gasteiger partial charge < -0.3 is 10.2 Å². The number of hydrogen-bond donors (Lipinski definition) is 2. The van der Waals surface area contributed by atoms with Crippen LogP contribution in [0.1, 0.15) is 32.6 Å². The first-order valence-electron chi connectivity index (χ1n) is 9.03. The number of anilines is 1. The van der Waals surface area contributed by atoms with Crippen molar-refractivity contribution >= 4 is 28.4 Å². The highest BCUT2D eigenvalue weighted by Crippen LogP contribution is 2.27. The second-order valence-electron chi connectivity index (χ2n) is 6.35. The summed E-state index contributed by atoms with van der Waals surface area (Å²) in [5.74, 6) is -0.588. The fourth-order valence-corrected chi connectivity index (χ4v) is 3.68. The number of aromatic nitrogens is 2. The van der Waals surface area contributed by atoms with Crippen molar-refractivity contribution in [2.45, 2.75) is 38.6 Å². The Hall–Kier alpha value is -2.55. The third-order valence-corrected chi connectivity index (χ3v) is 5.26. The first kappa shape index (κ1) is 19.2. The number of urea groups is 1. The number of unbranched alkanes of at least 4 members (excludes halogenated alkanes) is 1. The highest BCUT2D eigenvalue weighted by Gasteiger charge is 2.34. The molecule has 3 rings (SSSR count). The van der Waals surface area contributed by atoms with Gasteiger partial charge in [0.15, 0.2) is 0 Å². The van der Waals surface area contributed by atoms with Crippen LogP contribution in [0.3, 0.4) is 0 Å². The van der Waals surface area contributed by atoms with Crippen LogP contribution >= 0.6 is 11.3 Å². The van der Waals surface area contributed by atoms with Crippen molar-refractivity contribution in [1.29, 1.82) is 0 Å². The fourth-order valence-electron chi connectivity index (χ4n) is 2.93. The van der Waals surface area contributed by atoms with Crippen LogP contribution in [0.15, 0.2) is 24.3 Å². The maximum atomic E-state index is 13.0. The highest BCUT2D eigenvalue weighted by atomic mass is 32.1. The van der Waals surface area contributed by atoms with E-state index in [1.54, 1.807) is 17.0 Å². The SMILES string of the molecule is CCCCNC(=O)N1CCC[C@H]1C(=O)Nc1nnc(-c2ccc(F)cc2)s1. The summed E-state index contributed by atoms with van der Waals surface area (Å²) in [5, 5.41) is 14.6. The zero-order valence-electron chi connectivity index (χ0n) is 15.1. The molecule has 2 heterocycles. The number of likely N-dealkylation sites (tertiary alicyclic amines) is 1. The summed E-state index contributed by atoms with van der Waals surface area (Å²) in [5.41, 5.74) is 0.729. The lowest BCUT2D eigenvalue weighted by Gasteiger charge is -2.23. The first-order valence-corrected chi connectivity index (χ1v) is 9.85. The van der Waals surface area contributed by atoms with Gasteiger partial charge in [-0.2, -0.15) is 0 Å². The summed E-state index contributed by atoms with van der Waals surface area (Å²) in [6.45, 7) is 3.23. The van der Waals surface area contributed by atoms with E-state index < -0.39 is 6.04 Å². The molecule has 1 aliphatic rings. The summed E-state index contributed by atoms with van der Waals surface area (Å²) in [4.78, 5) is 26.5. The third kappa shape index (κ3) is 4.79. The van der Waals surface area contributed by atoms with E-state index in [1.807, 2.05) is 0 Å². The lowest BCUT2D eigenvalue weighted by Crippen LogP contribution is -2.47. The Morgan fingerprint density at radius 1 is 1.30 bits per heavy atom. The Morgan fingerprint density at radius 3 is 2.81 bits per heavy atom. The van der Waals surface area contributed by atoms with Gasteiger partial charge in [-0.25, -0.2) is 9.18 Å². The monoisotopic (exact) mass is 391 g/mol. The number of benzene rings is 1. The van der Waals surface area contributed by atoms with Gasteiger partial charge in [-0.15, -0.1) is 10.2 Å². The molecule has 2 aromatic rings. The van der Waals surface area contributed by atoms with Crippen LogP contribution in [0, 0.1) is 5.82 Å². The topological polar surface area (TPSA) is 87.2 Å². The summed E-state index contributed by atoms with van der Waals surface area (Å²) in [7, 11) is 0. The molecule has 7 nitrogen and oxygen atoms in total. The van der Waals surface area contributed by atoms with Gasteiger partial charge >= 0.3 is 6.03 Å². The fraction of sp³-hybridized carbons (Fsp3) is 0.444. The molecule has 0 saturated carbocycles. The van der Waals surface area contributed by atoms with E-state index in [0.717, 1.165) is 24.8 Å². The van der Waals surface area contributed by atoms with Crippen molar-refractivity contribution < 1.29 is 14.0 Å². The Morgan fingerprint density at radius 2 is 2.07 bits per heavy atom. The second-order valence-corrected chi connectivity index (χ2v) is 7.32. The molecule has 0 unspecified atom stereocenters. The van der Waals surface area contributed by atoms with Gasteiger partial charge in [0.1, 0.15) is 16.9 Å². The molecule has 0 aliphatic carbocycles. The van der Waals surface area contributed by atoms with E-state index >= 15 is 0 Å². The Labute approximate surface area is 161 Å². The van der Waals surface area contributed by atoms with E-state index in [0.29, 0.717) is 29.6 Å². The first-order chi connectivity index (χ1) is 13.1. The Bertz CT molecular complexity index is 795. The van der Waals surface area contributed by atoms with Crippen LogP contribution in [0.5, 0.6) is 0 Å². The van der Waals surface area contributed by atoms with E-state index in [9.17, 15) is 14.0 Å². The van der Waals surface area contributed by atoms with Crippen LogP contribution in [-0.2, 0) is 4.79 Å². The van der Waals surface area contributed by atoms with Gasteiger partial charge in [0, 0.05) is 18.7 Å². The predicted molar refractivity (Wildman–Crippen MR) is 102 cm³/mol. The predicted octanol–water partition coefficient (Wildman–Crippen LogP) is 3.26. The van der Waals surface area contributed by atoms with Gasteiger partial charge in [0.05, 0.1) is 0 Å². The molecular formula is C18H22FN5O2S. The molecule has 3 amide bonds. The van der Waals surface area contributed by atoms with E-state index in [1.165, 1.54) is 23.5 Å². The lowest BCUT2D eigenvalue weighted by atomic mass is 10.2. The molecule has 27 heavy (non-hydrogen) atoms. The zero-order valence-corrected chi connectivity index (χ0v) is 15.9. The van der Waals surface area contributed by atoms with E-state index in [2.05, 4.69) is 27.8 Å². The van der Waals surface area contributed by atoms with Crippen LogP contribution in [0.4, 0.5) is 14.3 Å². The summed E-state index contributed by atoms with van der Waals surface area (Å²) in [6.07, 6.45) is 3.32. The van der Waals surface area contributed by atoms with Crippen LogP contribution in [0.2, 0.25) is 0 Å². The molecule has 1 atom stereocenters. The minimum absolute atomic E-state index is 0.203. The number of amides is 3. The molecule has 0 radical (unpaired) electrons. The molecule has 0 bridgehead atoms. The molecule has 1 aromatic carbocycles. The van der Waals surface area contributed by atoms with Crippen LogP contribution < -0.4 is 10.6 Å². The largest absolute Gasteiger partial charge is 0.338 e. The van der Waals surface area contributed by atoms with Crippen LogP contribution in [0.25, 0.3) is 10.6 Å². The van der Waals surface area contributed by atoms with Crippen molar-refractivity contribution in [3.8, 4) is 10.6 Å². The second kappa shape index (κ2) is 8.90. The van der Waals surface area contributed by atoms with Crippen molar-refractivity contribution in [3.63, 3.8) is 0 Å². The molecule has 1 fully saturated rings. The molecule has 9 heteroatoms. The number of carbonyl (C=O) groups excluding carboxylic acids is 2. The quantitative estimate of drug-likeness (QED) is 0.740. The number of rotatable bonds is 6. The zero-order chi connectivity index (χ0) is 19.2. The summed E-state index contributed by atoms with van der Waals surface area (Å²) < 4.78 is 13.0. The molecule has 2 N–H and O–H groups in total.